The lowest BCUT2D eigenvalue weighted by atomic mass is 9.91. The summed E-state index contributed by atoms with van der Waals surface area (Å²) in [6.45, 7) is 1.30. The van der Waals surface area contributed by atoms with Crippen molar-refractivity contribution in [3.8, 4) is 17.0 Å². The molecular weight excluding hydrogens is 449 g/mol. The SMILES string of the molecule is CN(c1ncc2c(-c3cc(C(F)(F)F)c(F)c(O)c3F)nn(C)c2n1)C1CCOCC12CC2. The van der Waals surface area contributed by atoms with Crippen molar-refractivity contribution in [2.24, 2.45) is 12.5 Å². The Labute approximate surface area is 184 Å². The summed E-state index contributed by atoms with van der Waals surface area (Å²) in [5.41, 5.74) is -2.38. The summed E-state index contributed by atoms with van der Waals surface area (Å²) in [6.07, 6.45) is -0.870. The van der Waals surface area contributed by atoms with Crippen LogP contribution >= 0.6 is 0 Å². The van der Waals surface area contributed by atoms with E-state index >= 15 is 0 Å². The molecule has 0 radical (unpaired) electrons. The number of anilines is 1. The van der Waals surface area contributed by atoms with E-state index in [9.17, 15) is 27.1 Å². The van der Waals surface area contributed by atoms with Crippen LogP contribution in [-0.4, -0.2) is 51.2 Å². The monoisotopic (exact) mass is 469 g/mol. The maximum atomic E-state index is 14.6. The number of ether oxygens (including phenoxy) is 1. The molecule has 12 heteroatoms. The van der Waals surface area contributed by atoms with E-state index in [0.29, 0.717) is 25.2 Å². The standard InChI is InChI=1S/C21H20F5N5O2/c1-30(13-3-6-33-9-20(13)4-5-20)19-27-8-11-16(29-31(2)18(11)28-19)10-7-12(21(24,25)26)15(23)17(32)14(10)22/h7-8,13,32H,3-6,9H2,1-2H3. The van der Waals surface area contributed by atoms with Crippen LogP contribution in [0.3, 0.4) is 0 Å². The molecule has 1 aliphatic carbocycles. The van der Waals surface area contributed by atoms with Crippen molar-refractivity contribution in [1.82, 2.24) is 19.7 Å². The molecule has 1 spiro atoms. The third-order valence-electron chi connectivity index (χ3n) is 6.61. The summed E-state index contributed by atoms with van der Waals surface area (Å²) >= 11 is 0. The van der Waals surface area contributed by atoms with E-state index in [0.717, 1.165) is 19.3 Å². The minimum atomic E-state index is -5.14. The minimum Gasteiger partial charge on any atom is -0.503 e. The molecule has 1 saturated carbocycles. The van der Waals surface area contributed by atoms with E-state index in [1.807, 2.05) is 11.9 Å². The van der Waals surface area contributed by atoms with Crippen molar-refractivity contribution < 1.29 is 31.8 Å². The summed E-state index contributed by atoms with van der Waals surface area (Å²) in [5.74, 6) is -4.94. The van der Waals surface area contributed by atoms with Gasteiger partial charge in [0.05, 0.1) is 17.6 Å². The normalized spacial score (nSPS) is 19.9. The second kappa shape index (κ2) is 7.24. The highest BCUT2D eigenvalue weighted by molar-refractivity contribution is 5.91. The van der Waals surface area contributed by atoms with E-state index in [2.05, 4.69) is 15.1 Å². The predicted octanol–water partition coefficient (Wildman–Crippen LogP) is 4.04. The first-order chi connectivity index (χ1) is 15.5. The van der Waals surface area contributed by atoms with Crippen LogP contribution in [0.2, 0.25) is 0 Å². The molecule has 33 heavy (non-hydrogen) atoms. The molecular formula is C21H20F5N5O2. The Morgan fingerprint density at radius 3 is 2.64 bits per heavy atom. The van der Waals surface area contributed by atoms with Crippen LogP contribution in [0.25, 0.3) is 22.3 Å². The molecule has 1 saturated heterocycles. The first-order valence-electron chi connectivity index (χ1n) is 10.3. The third-order valence-corrected chi connectivity index (χ3v) is 6.61. The van der Waals surface area contributed by atoms with Gasteiger partial charge in [0.1, 0.15) is 5.69 Å². The Bertz CT molecular complexity index is 1250. The minimum absolute atomic E-state index is 0.0751. The van der Waals surface area contributed by atoms with Crippen molar-refractivity contribution in [2.75, 3.05) is 25.2 Å². The van der Waals surface area contributed by atoms with Gasteiger partial charge in [-0.2, -0.15) is 23.3 Å². The fourth-order valence-corrected chi connectivity index (χ4v) is 4.65. The molecule has 0 amide bonds. The molecule has 2 aromatic heterocycles. The van der Waals surface area contributed by atoms with Gasteiger partial charge in [-0.3, -0.25) is 0 Å². The maximum Gasteiger partial charge on any atom is 0.419 e. The number of hydrogen-bond donors (Lipinski definition) is 1. The van der Waals surface area contributed by atoms with E-state index in [4.69, 9.17) is 4.74 Å². The van der Waals surface area contributed by atoms with E-state index in [1.54, 1.807) is 0 Å². The summed E-state index contributed by atoms with van der Waals surface area (Å²) < 4.78 is 75.1. The Hall–Kier alpha value is -3.02. The molecule has 3 aromatic rings. The molecule has 176 valence electrons. The molecule has 3 heterocycles. The lowest BCUT2D eigenvalue weighted by Gasteiger charge is -2.38. The predicted molar refractivity (Wildman–Crippen MR) is 108 cm³/mol. The lowest BCUT2D eigenvalue weighted by molar-refractivity contribution is -0.140. The number of rotatable bonds is 3. The smallest absolute Gasteiger partial charge is 0.419 e. The number of phenols is 1. The number of nitrogens with zero attached hydrogens (tertiary/aromatic N) is 5. The second-order valence-corrected chi connectivity index (χ2v) is 8.66. The molecule has 7 nitrogen and oxygen atoms in total. The molecule has 1 aromatic carbocycles. The Kier molecular flexibility index (Phi) is 4.78. The molecule has 1 atom stereocenters. The highest BCUT2D eigenvalue weighted by atomic mass is 19.4. The topological polar surface area (TPSA) is 76.3 Å². The van der Waals surface area contributed by atoms with Gasteiger partial charge in [-0.05, 0) is 25.3 Å². The molecule has 0 bridgehead atoms. The first kappa shape index (κ1) is 21.8. The van der Waals surface area contributed by atoms with Gasteiger partial charge in [0, 0.05) is 43.9 Å². The molecule has 5 rings (SSSR count). The first-order valence-corrected chi connectivity index (χ1v) is 10.3. The molecule has 1 aliphatic heterocycles. The second-order valence-electron chi connectivity index (χ2n) is 8.66. The summed E-state index contributed by atoms with van der Waals surface area (Å²) in [4.78, 5) is 10.8. The van der Waals surface area contributed by atoms with Gasteiger partial charge in [-0.15, -0.1) is 0 Å². The van der Waals surface area contributed by atoms with Crippen LogP contribution in [0.15, 0.2) is 12.3 Å². The van der Waals surface area contributed by atoms with Gasteiger partial charge in [-0.25, -0.2) is 18.4 Å². The average Bonchev–Trinajstić information content (AvgIpc) is 3.46. The number of hydrogen-bond acceptors (Lipinski definition) is 6. The van der Waals surface area contributed by atoms with Crippen molar-refractivity contribution in [1.29, 1.82) is 0 Å². The van der Waals surface area contributed by atoms with Crippen molar-refractivity contribution in [3.63, 3.8) is 0 Å². The van der Waals surface area contributed by atoms with Gasteiger partial charge in [0.15, 0.2) is 23.0 Å². The molecule has 1 unspecified atom stereocenters. The average molecular weight is 469 g/mol. The highest BCUT2D eigenvalue weighted by Crippen LogP contribution is 2.53. The van der Waals surface area contributed by atoms with Crippen LogP contribution in [0, 0.1) is 17.0 Å². The lowest BCUT2D eigenvalue weighted by Crippen LogP contribution is -2.46. The Morgan fingerprint density at radius 1 is 1.24 bits per heavy atom. The molecule has 2 aliphatic rings. The largest absolute Gasteiger partial charge is 0.503 e. The van der Waals surface area contributed by atoms with E-state index < -0.39 is 34.7 Å². The number of aryl methyl sites for hydroxylation is 1. The fraction of sp³-hybridized carbons (Fsp3) is 0.476. The maximum absolute atomic E-state index is 14.6. The van der Waals surface area contributed by atoms with Gasteiger partial charge >= 0.3 is 6.18 Å². The Morgan fingerprint density at radius 2 is 1.97 bits per heavy atom. The Balaban J connectivity index is 1.59. The molecule has 1 N–H and O–H groups in total. The summed E-state index contributed by atoms with van der Waals surface area (Å²) in [7, 11) is 3.38. The van der Waals surface area contributed by atoms with Crippen LogP contribution in [0.5, 0.6) is 5.75 Å². The number of aromatic nitrogens is 4. The molecule has 2 fully saturated rings. The number of halogens is 5. The number of fused-ring (bicyclic) bond motifs is 1. The fourth-order valence-electron chi connectivity index (χ4n) is 4.65. The van der Waals surface area contributed by atoms with Crippen LogP contribution < -0.4 is 4.90 Å². The van der Waals surface area contributed by atoms with Gasteiger partial charge in [0.2, 0.25) is 5.95 Å². The van der Waals surface area contributed by atoms with Crippen LogP contribution in [-0.2, 0) is 18.0 Å². The number of alkyl halides is 3. The van der Waals surface area contributed by atoms with Crippen LogP contribution in [0.4, 0.5) is 27.9 Å². The zero-order valence-corrected chi connectivity index (χ0v) is 17.7. The van der Waals surface area contributed by atoms with Crippen molar-refractivity contribution in [2.45, 2.75) is 31.5 Å². The van der Waals surface area contributed by atoms with Crippen molar-refractivity contribution in [3.05, 3.63) is 29.5 Å². The van der Waals surface area contributed by atoms with E-state index in [1.165, 1.54) is 17.9 Å². The van der Waals surface area contributed by atoms with E-state index in [-0.39, 0.29) is 28.2 Å². The number of benzene rings is 1. The van der Waals surface area contributed by atoms with Gasteiger partial charge < -0.3 is 14.7 Å². The highest BCUT2D eigenvalue weighted by Gasteiger charge is 2.53. The quantitative estimate of drug-likeness (QED) is 0.584. The summed E-state index contributed by atoms with van der Waals surface area (Å²) in [6, 6.07) is 0.475. The number of phenolic OH excluding ortho intramolecular Hbond substituents is 1. The van der Waals surface area contributed by atoms with Crippen molar-refractivity contribution >= 4 is 17.0 Å². The third kappa shape index (κ3) is 3.38. The van der Waals surface area contributed by atoms with Gasteiger partial charge in [-0.1, -0.05) is 0 Å². The number of aromatic hydroxyl groups is 1. The zero-order valence-electron chi connectivity index (χ0n) is 17.7. The summed E-state index contributed by atoms with van der Waals surface area (Å²) in [5, 5.41) is 13.9. The van der Waals surface area contributed by atoms with Gasteiger partial charge in [0.25, 0.3) is 0 Å². The van der Waals surface area contributed by atoms with Crippen LogP contribution in [0.1, 0.15) is 24.8 Å². The zero-order chi connectivity index (χ0) is 23.7.